The third kappa shape index (κ3) is 7.83. The Morgan fingerprint density at radius 3 is 1.51 bits per heavy atom. The second-order valence-electron chi connectivity index (χ2n) is 9.69. The van der Waals surface area contributed by atoms with E-state index < -0.39 is 23.4 Å². The lowest BCUT2D eigenvalue weighted by molar-refractivity contribution is -0.130. The van der Waals surface area contributed by atoms with Gasteiger partial charge in [-0.3, -0.25) is 28.8 Å². The van der Waals surface area contributed by atoms with Gasteiger partial charge in [0.2, 0.25) is 0 Å². The predicted octanol–water partition coefficient (Wildman–Crippen LogP) is 2.86. The van der Waals surface area contributed by atoms with Gasteiger partial charge in [0.05, 0.1) is 11.1 Å². The number of amides is 4. The molecule has 2 aromatic carbocycles. The number of likely N-dealkylation sites (N-methyl/N-ethyl adjacent to an activating group) is 2. The van der Waals surface area contributed by atoms with Crippen LogP contribution in [0.5, 0.6) is 11.5 Å². The zero-order valence-electron chi connectivity index (χ0n) is 25.5. The van der Waals surface area contributed by atoms with Gasteiger partial charge in [-0.15, -0.1) is 22.7 Å². The lowest BCUT2D eigenvalue weighted by Crippen LogP contribution is -2.27. The normalized spacial score (nSPS) is 10.5. The van der Waals surface area contributed by atoms with Gasteiger partial charge in [0.1, 0.15) is 11.5 Å². The van der Waals surface area contributed by atoms with Crippen LogP contribution in [0.4, 0.5) is 0 Å². The summed E-state index contributed by atoms with van der Waals surface area (Å²) in [6.07, 6.45) is 1.20. The summed E-state index contributed by atoms with van der Waals surface area (Å²) >= 11 is 2.84. The molecule has 0 saturated heterocycles. The number of aryl methyl sites for hydroxylation is 2. The zero-order valence-corrected chi connectivity index (χ0v) is 27.1. The van der Waals surface area contributed by atoms with Crippen LogP contribution >= 0.6 is 22.7 Å². The van der Waals surface area contributed by atoms with E-state index in [1.165, 1.54) is 34.6 Å². The van der Waals surface area contributed by atoms with Crippen molar-refractivity contribution >= 4 is 78.0 Å². The molecule has 5 N–H and O–H groups in total. The number of benzene rings is 2. The maximum atomic E-state index is 12.2. The second-order valence-corrected chi connectivity index (χ2v) is 12.0. The van der Waals surface area contributed by atoms with E-state index in [0.29, 0.717) is 35.1 Å². The minimum atomic E-state index is -1.00. The Kier molecular flexibility index (Phi) is 11.8. The molecule has 0 aliphatic rings. The summed E-state index contributed by atoms with van der Waals surface area (Å²) in [6.45, 7) is 3.48. The number of ether oxygens (including phenoxy) is 2. The van der Waals surface area contributed by atoms with Crippen molar-refractivity contribution in [3.63, 3.8) is 0 Å². The van der Waals surface area contributed by atoms with E-state index in [-0.39, 0.29) is 36.2 Å². The lowest BCUT2D eigenvalue weighted by atomic mass is 10.0. The first-order valence-corrected chi connectivity index (χ1v) is 15.4. The third-order valence-electron chi connectivity index (χ3n) is 6.53. The number of primary amides is 2. The molecule has 45 heavy (non-hydrogen) atoms. The molecule has 4 rings (SSSR count). The first-order chi connectivity index (χ1) is 21.4. The molecule has 2 aromatic heterocycles. The largest absolute Gasteiger partial charge is 0.483 e. The fourth-order valence-electron chi connectivity index (χ4n) is 4.28. The molecule has 2 heterocycles. The number of hydrogen-bond donors (Lipinski definition) is 3. The molecule has 0 atom stereocenters. The molecule has 0 unspecified atom stereocenters. The van der Waals surface area contributed by atoms with E-state index >= 15 is 0 Å². The van der Waals surface area contributed by atoms with E-state index in [2.05, 4.69) is 5.32 Å². The third-order valence-corrected chi connectivity index (χ3v) is 9.13. The van der Waals surface area contributed by atoms with E-state index in [1.54, 1.807) is 38.4 Å². The van der Waals surface area contributed by atoms with Crippen molar-refractivity contribution in [2.45, 2.75) is 26.7 Å². The molecular formula is C31H34N4O8S2. The van der Waals surface area contributed by atoms with E-state index in [0.717, 1.165) is 19.2 Å². The van der Waals surface area contributed by atoms with Gasteiger partial charge >= 0.3 is 0 Å². The molecule has 0 radical (unpaired) electrons. The predicted molar refractivity (Wildman–Crippen MR) is 173 cm³/mol. The number of carbonyl (C=O) groups excluding carboxylic acids is 6. The molecule has 0 bridgehead atoms. The molecule has 14 heteroatoms. The van der Waals surface area contributed by atoms with Gasteiger partial charge < -0.3 is 31.2 Å². The Bertz CT molecular complexity index is 1790. The number of hydrogen-bond acceptors (Lipinski definition) is 10. The van der Waals surface area contributed by atoms with Crippen molar-refractivity contribution in [1.29, 1.82) is 0 Å². The van der Waals surface area contributed by atoms with Crippen LogP contribution in [0.15, 0.2) is 36.4 Å². The van der Waals surface area contributed by atoms with Gasteiger partial charge in [0.15, 0.2) is 13.2 Å². The first kappa shape index (κ1) is 34.7. The number of rotatable bonds is 12. The molecule has 4 amide bonds. The van der Waals surface area contributed by atoms with Crippen LogP contribution in [0, 0.1) is 0 Å². The average Bonchev–Trinajstić information content (AvgIpc) is 3.60. The maximum Gasteiger partial charge on any atom is 0.289 e. The van der Waals surface area contributed by atoms with Crippen LogP contribution in [0.3, 0.4) is 0 Å². The number of nitrogens with one attached hydrogen (secondary N) is 1. The van der Waals surface area contributed by atoms with Gasteiger partial charge in [0.25, 0.3) is 35.2 Å². The highest BCUT2D eigenvalue weighted by molar-refractivity contribution is 7.20. The summed E-state index contributed by atoms with van der Waals surface area (Å²) in [7, 11) is 4.77. The Morgan fingerprint density at radius 2 is 1.16 bits per heavy atom. The molecule has 0 aliphatic carbocycles. The summed E-state index contributed by atoms with van der Waals surface area (Å²) in [5, 5.41) is 3.54. The molecule has 0 saturated carbocycles. The average molecular weight is 655 g/mol. The molecule has 0 spiro atoms. The zero-order chi connectivity index (χ0) is 33.4. The fraction of sp³-hybridized carbons (Fsp3) is 0.290. The molecule has 238 valence electrons. The SMILES string of the molecule is CCc1sc2cccc(OCC(=O)N(C)C)c2c1C(=O)C(N)=O.CCc1sc2cccc(OCC(=O)NC)c2c1C(=O)C(N)=O. The number of thiophene rings is 2. The van der Waals surface area contributed by atoms with E-state index in [9.17, 15) is 28.8 Å². The van der Waals surface area contributed by atoms with Crippen LogP contribution in [0.1, 0.15) is 44.3 Å². The molecule has 4 aromatic rings. The summed E-state index contributed by atoms with van der Waals surface area (Å²) in [5.41, 5.74) is 10.9. The van der Waals surface area contributed by atoms with E-state index in [1.807, 2.05) is 26.0 Å². The van der Waals surface area contributed by atoms with Crippen LogP contribution in [0.2, 0.25) is 0 Å². The van der Waals surface area contributed by atoms with Crippen LogP contribution in [0.25, 0.3) is 20.2 Å². The number of Topliss-reactive ketones (excluding diaryl/α,β-unsaturated/α-hetero) is 2. The van der Waals surface area contributed by atoms with Crippen LogP contribution in [-0.2, 0) is 32.0 Å². The quantitative estimate of drug-likeness (QED) is 0.154. The highest BCUT2D eigenvalue weighted by atomic mass is 32.1. The molecular weight excluding hydrogens is 620 g/mol. The first-order valence-electron chi connectivity index (χ1n) is 13.8. The standard InChI is InChI=1S/C16H18N2O4S.C15H16N2O4S/c1-4-10-14(15(20)16(17)21)13-9(6-5-7-11(13)23-10)22-8-12(19)18(2)3;1-3-9-13(14(19)15(16)20)12-8(21-7-11(18)17-2)5-4-6-10(12)22-9/h5-7H,4,8H2,1-3H3,(H2,17,21);4-6H,3,7H2,1-2H3,(H2,16,20)(H,17,18). The van der Waals surface area contributed by atoms with Crippen molar-refractivity contribution in [3.05, 3.63) is 57.3 Å². The summed E-state index contributed by atoms with van der Waals surface area (Å²) in [5.74, 6) is -3.17. The van der Waals surface area contributed by atoms with Crippen LogP contribution in [-0.4, -0.2) is 74.5 Å². The van der Waals surface area contributed by atoms with Crippen molar-refractivity contribution in [3.8, 4) is 11.5 Å². The van der Waals surface area contributed by atoms with Crippen molar-refractivity contribution < 1.29 is 38.2 Å². The van der Waals surface area contributed by atoms with Gasteiger partial charge in [-0.05, 0) is 37.1 Å². The highest BCUT2D eigenvalue weighted by Crippen LogP contribution is 2.39. The molecule has 12 nitrogen and oxygen atoms in total. The minimum Gasteiger partial charge on any atom is -0.483 e. The summed E-state index contributed by atoms with van der Waals surface area (Å²) in [6, 6.07) is 10.6. The monoisotopic (exact) mass is 654 g/mol. The summed E-state index contributed by atoms with van der Waals surface area (Å²) in [4.78, 5) is 73.0. The molecule has 0 aliphatic heterocycles. The Labute approximate surface area is 267 Å². The second kappa shape index (κ2) is 15.3. The number of nitrogens with two attached hydrogens (primary N) is 2. The Hall–Kier alpha value is -4.82. The number of carbonyl (C=O) groups is 6. The molecule has 0 fully saturated rings. The number of fused-ring (bicyclic) bond motifs is 2. The smallest absolute Gasteiger partial charge is 0.289 e. The van der Waals surface area contributed by atoms with Gasteiger partial charge in [0, 0.05) is 51.1 Å². The Morgan fingerprint density at radius 1 is 0.733 bits per heavy atom. The van der Waals surface area contributed by atoms with Crippen LogP contribution < -0.4 is 26.3 Å². The van der Waals surface area contributed by atoms with E-state index in [4.69, 9.17) is 20.9 Å². The number of nitrogens with zero attached hydrogens (tertiary/aromatic N) is 1. The Balaban J connectivity index is 0.000000246. The lowest BCUT2D eigenvalue weighted by Gasteiger charge is -2.12. The van der Waals surface area contributed by atoms with Gasteiger partial charge in [-0.1, -0.05) is 26.0 Å². The maximum absolute atomic E-state index is 12.2. The van der Waals surface area contributed by atoms with Crippen molar-refractivity contribution in [2.24, 2.45) is 11.5 Å². The minimum absolute atomic E-state index is 0.145. The van der Waals surface area contributed by atoms with Crippen molar-refractivity contribution in [2.75, 3.05) is 34.4 Å². The van der Waals surface area contributed by atoms with Gasteiger partial charge in [-0.2, -0.15) is 0 Å². The number of ketones is 2. The topological polar surface area (TPSA) is 188 Å². The van der Waals surface area contributed by atoms with Crippen molar-refractivity contribution in [1.82, 2.24) is 10.2 Å². The summed E-state index contributed by atoms with van der Waals surface area (Å²) < 4.78 is 12.7. The fourth-order valence-corrected chi connectivity index (χ4v) is 6.60. The van der Waals surface area contributed by atoms with Gasteiger partial charge in [-0.25, -0.2) is 0 Å². The highest BCUT2D eigenvalue weighted by Gasteiger charge is 2.26.